The maximum Gasteiger partial charge on any atom is 0.269 e. The average molecular weight is 519 g/mol. The Morgan fingerprint density at radius 1 is 1.08 bits per heavy atom. The number of carbonyl (C=O) groups excluding carboxylic acids is 1. The number of pyridine rings is 1. The summed E-state index contributed by atoms with van der Waals surface area (Å²) >= 11 is 0. The maximum absolute atomic E-state index is 13.6. The molecule has 3 heterocycles. The first-order valence-corrected chi connectivity index (χ1v) is 12.9. The zero-order valence-corrected chi connectivity index (χ0v) is 20.4. The van der Waals surface area contributed by atoms with Gasteiger partial charge in [-0.3, -0.25) is 19.9 Å². The lowest BCUT2D eigenvalue weighted by atomic mass is 10.1. The molecule has 2 aromatic heterocycles. The fourth-order valence-electron chi connectivity index (χ4n) is 4.19. The minimum Gasteiger partial charge on any atom is -0.378 e. The number of nitro benzene ring substituents is 1. The Hall–Kier alpha value is -4.35. The van der Waals surface area contributed by atoms with Crippen molar-refractivity contribution in [3.63, 3.8) is 0 Å². The van der Waals surface area contributed by atoms with E-state index in [9.17, 15) is 23.3 Å². The first-order chi connectivity index (χ1) is 17.8. The van der Waals surface area contributed by atoms with Gasteiger partial charge in [0, 0.05) is 66.0 Å². The summed E-state index contributed by atoms with van der Waals surface area (Å²) in [6.45, 7) is 2.61. The Kier molecular flexibility index (Phi) is 6.55. The fraction of sp³-hybridized carbons (Fsp3) is 0.154. The molecule has 0 radical (unpaired) electrons. The van der Waals surface area contributed by atoms with Crippen LogP contribution in [0.1, 0.15) is 15.9 Å². The molecule has 1 aliphatic heterocycles. The van der Waals surface area contributed by atoms with Crippen molar-refractivity contribution in [2.45, 2.75) is 4.90 Å². The van der Waals surface area contributed by atoms with E-state index in [4.69, 9.17) is 4.74 Å². The zero-order chi connectivity index (χ0) is 26.0. The van der Waals surface area contributed by atoms with Crippen molar-refractivity contribution in [2.75, 3.05) is 31.2 Å². The number of nitrogens with zero attached hydrogens (tertiary/aromatic N) is 4. The summed E-state index contributed by atoms with van der Waals surface area (Å²) in [5, 5.41) is 11.6. The molecule has 4 aromatic rings. The Balaban J connectivity index is 1.60. The van der Waals surface area contributed by atoms with Gasteiger partial charge in [-0.05, 0) is 54.6 Å². The molecule has 0 N–H and O–H groups in total. The highest BCUT2D eigenvalue weighted by molar-refractivity contribution is 7.90. The van der Waals surface area contributed by atoms with Gasteiger partial charge < -0.3 is 9.64 Å². The van der Waals surface area contributed by atoms with Crippen LogP contribution >= 0.6 is 0 Å². The van der Waals surface area contributed by atoms with Crippen LogP contribution in [-0.4, -0.2) is 54.4 Å². The van der Waals surface area contributed by atoms with Gasteiger partial charge in [0.25, 0.3) is 15.7 Å². The number of benzene rings is 2. The van der Waals surface area contributed by atoms with E-state index in [1.807, 2.05) is 12.1 Å². The molecule has 0 bridgehead atoms. The molecule has 2 aromatic carbocycles. The molecule has 37 heavy (non-hydrogen) atoms. The Morgan fingerprint density at radius 2 is 1.84 bits per heavy atom. The molecule has 1 fully saturated rings. The van der Waals surface area contributed by atoms with Gasteiger partial charge in [0.15, 0.2) is 5.78 Å². The van der Waals surface area contributed by atoms with Crippen molar-refractivity contribution < 1.29 is 22.9 Å². The van der Waals surface area contributed by atoms with Crippen LogP contribution < -0.4 is 4.90 Å². The molecular formula is C26H22N4O6S. The van der Waals surface area contributed by atoms with Gasteiger partial charge in [0.2, 0.25) is 0 Å². The van der Waals surface area contributed by atoms with E-state index in [1.54, 1.807) is 30.5 Å². The first-order valence-electron chi connectivity index (χ1n) is 11.4. The molecule has 188 valence electrons. The fourth-order valence-corrected chi connectivity index (χ4v) is 5.56. The van der Waals surface area contributed by atoms with Gasteiger partial charge in [-0.1, -0.05) is 0 Å². The number of anilines is 1. The highest BCUT2D eigenvalue weighted by atomic mass is 32.2. The van der Waals surface area contributed by atoms with Crippen molar-refractivity contribution >= 4 is 44.2 Å². The van der Waals surface area contributed by atoms with Crippen molar-refractivity contribution in [3.8, 4) is 0 Å². The van der Waals surface area contributed by atoms with Crippen LogP contribution in [0, 0.1) is 10.1 Å². The number of fused-ring (bicyclic) bond motifs is 1. The van der Waals surface area contributed by atoms with Crippen LogP contribution in [0.25, 0.3) is 17.0 Å². The second-order valence-electron chi connectivity index (χ2n) is 8.38. The highest BCUT2D eigenvalue weighted by Gasteiger charge is 2.23. The van der Waals surface area contributed by atoms with Gasteiger partial charge in [-0.2, -0.15) is 0 Å². The first kappa shape index (κ1) is 24.3. The predicted molar refractivity (Wildman–Crippen MR) is 138 cm³/mol. The number of aromatic nitrogens is 2. The molecule has 11 heteroatoms. The Bertz CT molecular complexity index is 1610. The smallest absolute Gasteiger partial charge is 0.269 e. The normalized spacial score (nSPS) is 14.3. The van der Waals surface area contributed by atoms with E-state index >= 15 is 0 Å². The van der Waals surface area contributed by atoms with Gasteiger partial charge in [0.1, 0.15) is 0 Å². The summed E-state index contributed by atoms with van der Waals surface area (Å²) in [4.78, 5) is 29.1. The second kappa shape index (κ2) is 9.96. The molecule has 5 rings (SSSR count). The van der Waals surface area contributed by atoms with Crippen LogP contribution in [0.5, 0.6) is 0 Å². The van der Waals surface area contributed by atoms with E-state index in [0.717, 1.165) is 21.8 Å². The number of rotatable bonds is 7. The molecule has 0 amide bonds. The maximum atomic E-state index is 13.6. The lowest BCUT2D eigenvalue weighted by molar-refractivity contribution is -0.384. The zero-order valence-electron chi connectivity index (χ0n) is 19.6. The van der Waals surface area contributed by atoms with Crippen LogP contribution in [0.2, 0.25) is 0 Å². The van der Waals surface area contributed by atoms with E-state index in [-0.39, 0.29) is 16.4 Å². The Labute approximate surface area is 212 Å². The molecule has 0 atom stereocenters. The third-order valence-electron chi connectivity index (χ3n) is 6.13. The number of ketones is 1. The third kappa shape index (κ3) is 4.86. The number of allylic oxidation sites excluding steroid dienone is 1. The summed E-state index contributed by atoms with van der Waals surface area (Å²) in [7, 11) is -4.08. The summed E-state index contributed by atoms with van der Waals surface area (Å²) < 4.78 is 33.7. The number of ether oxygens (including phenoxy) is 1. The summed E-state index contributed by atoms with van der Waals surface area (Å²) in [5.41, 5.74) is 2.07. The number of non-ortho nitro benzene ring substituents is 1. The van der Waals surface area contributed by atoms with Crippen LogP contribution in [0.15, 0.2) is 84.2 Å². The molecule has 1 saturated heterocycles. The monoisotopic (exact) mass is 518 g/mol. The predicted octanol–water partition coefficient (Wildman–Crippen LogP) is 3.91. The van der Waals surface area contributed by atoms with Crippen molar-refractivity contribution in [3.05, 3.63) is 101 Å². The topological polar surface area (TPSA) is 125 Å². The summed E-state index contributed by atoms with van der Waals surface area (Å²) in [6, 6.07) is 13.5. The average Bonchev–Trinajstić information content (AvgIpc) is 3.31. The number of morpholine rings is 1. The molecule has 0 unspecified atom stereocenters. The van der Waals surface area contributed by atoms with E-state index in [1.165, 1.54) is 30.6 Å². The summed E-state index contributed by atoms with van der Waals surface area (Å²) in [5.74, 6) is -0.267. The number of hydrogen-bond donors (Lipinski definition) is 0. The molecule has 0 saturated carbocycles. The Morgan fingerprint density at radius 3 is 2.51 bits per heavy atom. The van der Waals surface area contributed by atoms with Gasteiger partial charge >= 0.3 is 0 Å². The molecular weight excluding hydrogens is 496 g/mol. The van der Waals surface area contributed by atoms with Crippen molar-refractivity contribution in [1.82, 2.24) is 8.96 Å². The SMILES string of the molecule is O=C(/C=C/c1cn(S(=O)(=O)c2ccc([N+](=O)[O-])cc2)c2ccc(N3CCOCC3)cc12)c1cccnc1. The van der Waals surface area contributed by atoms with Crippen LogP contribution in [-0.2, 0) is 14.8 Å². The standard InChI is InChI=1S/C26H22N4O6S/c31-26(19-2-1-11-27-17-19)10-3-20-18-29(37(34,35)23-7-4-21(5-8-23)30(32)33)25-9-6-22(16-24(20)25)28-12-14-36-15-13-28/h1-11,16-18H,12-15H2/b10-3+. The molecule has 10 nitrogen and oxygen atoms in total. The number of hydrogen-bond acceptors (Lipinski definition) is 8. The summed E-state index contributed by atoms with van der Waals surface area (Å²) in [6.07, 6.45) is 7.46. The quantitative estimate of drug-likeness (QED) is 0.156. The van der Waals surface area contributed by atoms with Gasteiger partial charge in [0.05, 0.1) is 28.5 Å². The molecule has 0 aliphatic carbocycles. The third-order valence-corrected chi connectivity index (χ3v) is 7.81. The minimum absolute atomic E-state index is 0.0887. The van der Waals surface area contributed by atoms with Gasteiger partial charge in [-0.15, -0.1) is 0 Å². The largest absolute Gasteiger partial charge is 0.378 e. The van der Waals surface area contributed by atoms with Gasteiger partial charge in [-0.25, -0.2) is 12.4 Å². The highest BCUT2D eigenvalue weighted by Crippen LogP contribution is 2.31. The minimum atomic E-state index is -4.08. The van der Waals surface area contributed by atoms with Crippen LogP contribution in [0.4, 0.5) is 11.4 Å². The van der Waals surface area contributed by atoms with Crippen molar-refractivity contribution in [2.24, 2.45) is 0 Å². The second-order valence-corrected chi connectivity index (χ2v) is 10.2. The van der Waals surface area contributed by atoms with Crippen LogP contribution in [0.3, 0.4) is 0 Å². The molecule has 1 aliphatic rings. The molecule has 0 spiro atoms. The number of carbonyl (C=O) groups is 1. The number of nitro groups is 1. The van der Waals surface area contributed by atoms with E-state index < -0.39 is 14.9 Å². The lowest BCUT2D eigenvalue weighted by Gasteiger charge is -2.29. The van der Waals surface area contributed by atoms with Crippen molar-refractivity contribution in [1.29, 1.82) is 0 Å². The lowest BCUT2D eigenvalue weighted by Crippen LogP contribution is -2.36. The van der Waals surface area contributed by atoms with E-state index in [2.05, 4.69) is 9.88 Å². The van der Waals surface area contributed by atoms with E-state index in [0.29, 0.717) is 48.3 Å².